The summed E-state index contributed by atoms with van der Waals surface area (Å²) in [5.74, 6) is -0.237. The molecule has 1 unspecified atom stereocenters. The van der Waals surface area contributed by atoms with Gasteiger partial charge in [0.1, 0.15) is 5.82 Å². The van der Waals surface area contributed by atoms with Crippen LogP contribution in [0.4, 0.5) is 4.39 Å². The van der Waals surface area contributed by atoms with Crippen LogP contribution in [0.5, 0.6) is 0 Å². The minimum absolute atomic E-state index is 0.0156. The molecule has 2 heteroatoms. The van der Waals surface area contributed by atoms with E-state index < -0.39 is 0 Å². The van der Waals surface area contributed by atoms with Crippen LogP contribution in [0.25, 0.3) is 0 Å². The Morgan fingerprint density at radius 3 is 2.12 bits per heavy atom. The van der Waals surface area contributed by atoms with Crippen LogP contribution >= 0.6 is 0 Å². The van der Waals surface area contributed by atoms with Gasteiger partial charge in [-0.15, -0.1) is 0 Å². The Kier molecular flexibility index (Phi) is 3.52. The van der Waals surface area contributed by atoms with Crippen LogP contribution in [-0.2, 0) is 0 Å². The molecule has 1 atom stereocenters. The van der Waals surface area contributed by atoms with Crippen molar-refractivity contribution < 1.29 is 4.39 Å². The monoisotopic (exact) mass is 225 g/mol. The zero-order valence-electron chi connectivity index (χ0n) is 9.31. The highest BCUT2D eigenvalue weighted by Gasteiger charge is 2.13. The SMILES string of the molecule is N#CCC(c1ccccc1)c1ccc(F)cc1. The molecule has 0 N–H and O–H groups in total. The van der Waals surface area contributed by atoms with E-state index in [1.807, 2.05) is 30.3 Å². The van der Waals surface area contributed by atoms with Crippen LogP contribution in [-0.4, -0.2) is 0 Å². The van der Waals surface area contributed by atoms with Gasteiger partial charge in [-0.25, -0.2) is 4.39 Å². The van der Waals surface area contributed by atoms with Crippen LogP contribution in [0.15, 0.2) is 54.6 Å². The predicted octanol–water partition coefficient (Wildman–Crippen LogP) is 3.87. The average molecular weight is 225 g/mol. The lowest BCUT2D eigenvalue weighted by molar-refractivity contribution is 0.626. The Morgan fingerprint density at radius 1 is 0.941 bits per heavy atom. The van der Waals surface area contributed by atoms with Gasteiger partial charge in [0.05, 0.1) is 6.07 Å². The highest BCUT2D eigenvalue weighted by molar-refractivity contribution is 5.33. The van der Waals surface area contributed by atoms with Crippen LogP contribution in [0.1, 0.15) is 23.5 Å². The summed E-state index contributed by atoms with van der Waals surface area (Å²) in [4.78, 5) is 0. The van der Waals surface area contributed by atoms with Crippen molar-refractivity contribution >= 4 is 0 Å². The lowest BCUT2D eigenvalue weighted by Crippen LogP contribution is -2.00. The molecule has 0 aromatic heterocycles. The summed E-state index contributed by atoms with van der Waals surface area (Å²) in [6.07, 6.45) is 0.398. The molecule has 0 fully saturated rings. The van der Waals surface area contributed by atoms with Gasteiger partial charge < -0.3 is 0 Å². The molecular formula is C15H12FN. The molecule has 2 rings (SSSR count). The molecule has 1 nitrogen and oxygen atoms in total. The first kappa shape index (κ1) is 11.3. The van der Waals surface area contributed by atoms with Gasteiger partial charge in [0.15, 0.2) is 0 Å². The molecule has 2 aromatic carbocycles. The topological polar surface area (TPSA) is 23.8 Å². The third-order valence-electron chi connectivity index (χ3n) is 2.77. The highest BCUT2D eigenvalue weighted by Crippen LogP contribution is 2.27. The minimum Gasteiger partial charge on any atom is -0.207 e. The van der Waals surface area contributed by atoms with E-state index in [-0.39, 0.29) is 11.7 Å². The van der Waals surface area contributed by atoms with Gasteiger partial charge in [0.2, 0.25) is 0 Å². The standard InChI is InChI=1S/C15H12FN/c16-14-8-6-13(7-9-14)15(10-11-17)12-4-2-1-3-5-12/h1-9,15H,10H2. The van der Waals surface area contributed by atoms with Crippen molar-refractivity contribution in [2.45, 2.75) is 12.3 Å². The maximum absolute atomic E-state index is 12.9. The van der Waals surface area contributed by atoms with Crippen LogP contribution in [0.2, 0.25) is 0 Å². The average Bonchev–Trinajstić information content (AvgIpc) is 2.38. The summed E-state index contributed by atoms with van der Waals surface area (Å²) in [5, 5.41) is 8.89. The van der Waals surface area contributed by atoms with Crippen molar-refractivity contribution in [3.63, 3.8) is 0 Å². The largest absolute Gasteiger partial charge is 0.207 e. The number of halogens is 1. The normalized spacial score (nSPS) is 11.8. The van der Waals surface area contributed by atoms with Gasteiger partial charge >= 0.3 is 0 Å². The fraction of sp³-hybridized carbons (Fsp3) is 0.133. The molecule has 0 amide bonds. The maximum atomic E-state index is 12.9. The molecule has 0 bridgehead atoms. The second-order valence-corrected chi connectivity index (χ2v) is 3.88. The van der Waals surface area contributed by atoms with E-state index >= 15 is 0 Å². The number of rotatable bonds is 3. The number of hydrogen-bond acceptors (Lipinski definition) is 1. The molecule has 0 saturated heterocycles. The van der Waals surface area contributed by atoms with Gasteiger partial charge in [-0.3, -0.25) is 0 Å². The van der Waals surface area contributed by atoms with Gasteiger partial charge in [0.25, 0.3) is 0 Å². The summed E-state index contributed by atoms with van der Waals surface area (Å²) in [5.41, 5.74) is 2.06. The van der Waals surface area contributed by atoms with Gasteiger partial charge in [-0.2, -0.15) is 5.26 Å². The van der Waals surface area contributed by atoms with Crippen molar-refractivity contribution in [2.75, 3.05) is 0 Å². The van der Waals surface area contributed by atoms with Crippen molar-refractivity contribution in [3.05, 3.63) is 71.5 Å². The summed E-state index contributed by atoms with van der Waals surface area (Å²) in [6, 6.07) is 18.4. The fourth-order valence-electron chi connectivity index (χ4n) is 1.90. The van der Waals surface area contributed by atoms with Gasteiger partial charge in [-0.05, 0) is 23.3 Å². The lowest BCUT2D eigenvalue weighted by atomic mass is 9.89. The highest BCUT2D eigenvalue weighted by atomic mass is 19.1. The van der Waals surface area contributed by atoms with E-state index in [0.29, 0.717) is 6.42 Å². The van der Waals surface area contributed by atoms with Crippen molar-refractivity contribution in [3.8, 4) is 6.07 Å². The van der Waals surface area contributed by atoms with Gasteiger partial charge in [0, 0.05) is 12.3 Å². The molecule has 0 aliphatic heterocycles. The first-order valence-electron chi connectivity index (χ1n) is 5.48. The molecule has 0 aliphatic rings. The lowest BCUT2D eigenvalue weighted by Gasteiger charge is -2.14. The smallest absolute Gasteiger partial charge is 0.123 e. The molecule has 17 heavy (non-hydrogen) atoms. The molecule has 0 heterocycles. The molecule has 0 saturated carbocycles. The second kappa shape index (κ2) is 5.27. The molecule has 84 valence electrons. The summed E-state index contributed by atoms with van der Waals surface area (Å²) in [7, 11) is 0. The van der Waals surface area contributed by atoms with Crippen molar-refractivity contribution in [1.29, 1.82) is 5.26 Å². The Balaban J connectivity index is 2.36. The van der Waals surface area contributed by atoms with E-state index in [0.717, 1.165) is 11.1 Å². The summed E-state index contributed by atoms with van der Waals surface area (Å²) in [6.45, 7) is 0. The molecule has 0 aliphatic carbocycles. The third-order valence-corrected chi connectivity index (χ3v) is 2.77. The summed E-state index contributed by atoms with van der Waals surface area (Å²) >= 11 is 0. The molecule has 0 radical (unpaired) electrons. The van der Waals surface area contributed by atoms with E-state index in [4.69, 9.17) is 5.26 Å². The van der Waals surface area contributed by atoms with E-state index in [9.17, 15) is 4.39 Å². The summed E-state index contributed by atoms with van der Waals surface area (Å²) < 4.78 is 12.9. The second-order valence-electron chi connectivity index (χ2n) is 3.88. The third kappa shape index (κ3) is 2.70. The molecular weight excluding hydrogens is 213 g/mol. The van der Waals surface area contributed by atoms with Crippen LogP contribution < -0.4 is 0 Å². The van der Waals surface area contributed by atoms with E-state index in [1.165, 1.54) is 12.1 Å². The van der Waals surface area contributed by atoms with Crippen LogP contribution in [0.3, 0.4) is 0 Å². The zero-order chi connectivity index (χ0) is 12.1. The van der Waals surface area contributed by atoms with E-state index in [2.05, 4.69) is 6.07 Å². The van der Waals surface area contributed by atoms with Crippen molar-refractivity contribution in [1.82, 2.24) is 0 Å². The molecule has 0 spiro atoms. The number of nitriles is 1. The van der Waals surface area contributed by atoms with E-state index in [1.54, 1.807) is 12.1 Å². The minimum atomic E-state index is -0.252. The first-order chi connectivity index (χ1) is 8.31. The maximum Gasteiger partial charge on any atom is 0.123 e. The fourth-order valence-corrected chi connectivity index (χ4v) is 1.90. The van der Waals surface area contributed by atoms with Gasteiger partial charge in [-0.1, -0.05) is 42.5 Å². The Hall–Kier alpha value is -2.14. The van der Waals surface area contributed by atoms with Crippen LogP contribution in [0, 0.1) is 17.1 Å². The van der Waals surface area contributed by atoms with Crippen molar-refractivity contribution in [2.24, 2.45) is 0 Å². The molecule has 2 aromatic rings. The Morgan fingerprint density at radius 2 is 1.53 bits per heavy atom. The zero-order valence-corrected chi connectivity index (χ0v) is 9.31. The Labute approximate surface area is 100 Å². The quantitative estimate of drug-likeness (QED) is 0.777. The Bertz CT molecular complexity index is 511. The first-order valence-corrected chi connectivity index (χ1v) is 5.48. The number of hydrogen-bond donors (Lipinski definition) is 0. The number of nitrogens with zero attached hydrogens (tertiary/aromatic N) is 1. The number of benzene rings is 2. The predicted molar refractivity (Wildman–Crippen MR) is 64.9 cm³/mol.